The van der Waals surface area contributed by atoms with Gasteiger partial charge in [0.2, 0.25) is 11.8 Å². The molecule has 4 rings (SSSR count). The van der Waals surface area contributed by atoms with E-state index in [0.717, 1.165) is 0 Å². The van der Waals surface area contributed by atoms with Crippen molar-refractivity contribution in [2.75, 3.05) is 37.3 Å². The Morgan fingerprint density at radius 2 is 1.94 bits per heavy atom. The number of carbonyl (C=O) groups is 1. The number of anilines is 1. The van der Waals surface area contributed by atoms with Gasteiger partial charge in [-0.25, -0.2) is 23.2 Å². The number of sulfone groups is 1. The number of imidazole rings is 1. The SMILES string of the molecule is CCn1c(N2CCC(S(C)(=O)=O)C2)nc2c(O[C@H]3CCN(C(=O)OC(C)(C)C)C3)ncnc21. The van der Waals surface area contributed by atoms with Crippen LogP contribution in [0.4, 0.5) is 10.7 Å². The van der Waals surface area contributed by atoms with Gasteiger partial charge in [0.05, 0.1) is 11.8 Å². The molecule has 11 nitrogen and oxygen atoms in total. The van der Waals surface area contributed by atoms with E-state index in [-0.39, 0.29) is 12.2 Å². The maximum Gasteiger partial charge on any atom is 0.410 e. The van der Waals surface area contributed by atoms with Gasteiger partial charge >= 0.3 is 6.09 Å². The summed E-state index contributed by atoms with van der Waals surface area (Å²) in [5.74, 6) is 1.04. The minimum absolute atomic E-state index is 0.229. The van der Waals surface area contributed by atoms with Crippen molar-refractivity contribution in [1.29, 1.82) is 0 Å². The predicted octanol–water partition coefficient (Wildman–Crippen LogP) is 1.86. The zero-order valence-corrected chi connectivity index (χ0v) is 20.6. The third-order valence-electron chi connectivity index (χ3n) is 5.90. The predicted molar refractivity (Wildman–Crippen MR) is 123 cm³/mol. The summed E-state index contributed by atoms with van der Waals surface area (Å²) in [5.41, 5.74) is 0.624. The molecule has 0 saturated carbocycles. The van der Waals surface area contributed by atoms with Gasteiger partial charge in [0.25, 0.3) is 0 Å². The van der Waals surface area contributed by atoms with E-state index in [2.05, 4.69) is 9.97 Å². The van der Waals surface area contributed by atoms with Crippen LogP contribution in [0.5, 0.6) is 5.88 Å². The van der Waals surface area contributed by atoms with E-state index in [9.17, 15) is 13.2 Å². The zero-order valence-electron chi connectivity index (χ0n) is 19.8. The lowest BCUT2D eigenvalue weighted by Gasteiger charge is -2.24. The molecular formula is C21H32N6O5S. The van der Waals surface area contributed by atoms with Crippen LogP contribution >= 0.6 is 0 Å². The first-order valence-corrected chi connectivity index (χ1v) is 13.2. The summed E-state index contributed by atoms with van der Waals surface area (Å²) >= 11 is 0. The third kappa shape index (κ3) is 4.99. The Bertz CT molecular complexity index is 1140. The molecule has 1 unspecified atom stereocenters. The minimum atomic E-state index is -3.11. The first-order valence-electron chi connectivity index (χ1n) is 11.3. The van der Waals surface area contributed by atoms with Gasteiger partial charge in [-0.1, -0.05) is 0 Å². The molecule has 0 aliphatic carbocycles. The number of fused-ring (bicyclic) bond motifs is 1. The van der Waals surface area contributed by atoms with Gasteiger partial charge in [0.1, 0.15) is 18.0 Å². The van der Waals surface area contributed by atoms with Gasteiger partial charge < -0.3 is 19.3 Å². The zero-order chi connectivity index (χ0) is 24.0. The minimum Gasteiger partial charge on any atom is -0.471 e. The van der Waals surface area contributed by atoms with Crippen molar-refractivity contribution in [3.05, 3.63) is 6.33 Å². The van der Waals surface area contributed by atoms with Crippen molar-refractivity contribution in [3.63, 3.8) is 0 Å². The molecule has 2 aliphatic rings. The van der Waals surface area contributed by atoms with Crippen LogP contribution in [0, 0.1) is 0 Å². The Labute approximate surface area is 194 Å². The van der Waals surface area contributed by atoms with Crippen molar-refractivity contribution in [2.45, 2.75) is 64.0 Å². The maximum absolute atomic E-state index is 12.4. The lowest BCUT2D eigenvalue weighted by molar-refractivity contribution is 0.0275. The highest BCUT2D eigenvalue weighted by molar-refractivity contribution is 7.91. The highest BCUT2D eigenvalue weighted by Gasteiger charge is 2.34. The summed E-state index contributed by atoms with van der Waals surface area (Å²) in [6.07, 6.45) is 3.38. The van der Waals surface area contributed by atoms with Gasteiger partial charge in [-0.15, -0.1) is 0 Å². The number of hydrogen-bond acceptors (Lipinski definition) is 9. The normalized spacial score (nSPS) is 21.7. The molecule has 33 heavy (non-hydrogen) atoms. The number of carbonyl (C=O) groups excluding carboxylic acids is 1. The Balaban J connectivity index is 1.54. The van der Waals surface area contributed by atoms with Crippen LogP contribution in [0.15, 0.2) is 6.33 Å². The molecule has 1 amide bonds. The second-order valence-corrected chi connectivity index (χ2v) is 12.0. The van der Waals surface area contributed by atoms with Gasteiger partial charge in [0, 0.05) is 38.9 Å². The summed E-state index contributed by atoms with van der Waals surface area (Å²) in [5, 5.41) is -0.401. The highest BCUT2D eigenvalue weighted by atomic mass is 32.2. The summed E-state index contributed by atoms with van der Waals surface area (Å²) in [6, 6.07) is 0. The van der Waals surface area contributed by atoms with Crippen LogP contribution in [0.3, 0.4) is 0 Å². The summed E-state index contributed by atoms with van der Waals surface area (Å²) in [4.78, 5) is 29.5. The molecule has 0 bridgehead atoms. The van der Waals surface area contributed by atoms with Crippen LogP contribution in [-0.4, -0.2) is 88.3 Å². The molecule has 2 atom stereocenters. The number of ether oxygens (including phenoxy) is 2. The van der Waals surface area contributed by atoms with E-state index in [4.69, 9.17) is 14.5 Å². The molecule has 0 N–H and O–H groups in total. The largest absolute Gasteiger partial charge is 0.471 e. The number of rotatable bonds is 5. The molecule has 0 spiro atoms. The quantitative estimate of drug-likeness (QED) is 0.631. The van der Waals surface area contributed by atoms with E-state index >= 15 is 0 Å². The van der Waals surface area contributed by atoms with E-state index in [1.165, 1.54) is 12.6 Å². The Kier molecular flexibility index (Phi) is 6.14. The average molecular weight is 481 g/mol. The van der Waals surface area contributed by atoms with E-state index < -0.39 is 20.7 Å². The number of hydrogen-bond donors (Lipinski definition) is 0. The van der Waals surface area contributed by atoms with Crippen molar-refractivity contribution in [3.8, 4) is 5.88 Å². The van der Waals surface area contributed by atoms with Crippen molar-refractivity contribution < 1.29 is 22.7 Å². The highest BCUT2D eigenvalue weighted by Crippen LogP contribution is 2.31. The Morgan fingerprint density at radius 1 is 1.18 bits per heavy atom. The van der Waals surface area contributed by atoms with Gasteiger partial charge in [-0.3, -0.25) is 4.57 Å². The first-order chi connectivity index (χ1) is 15.5. The Morgan fingerprint density at radius 3 is 2.58 bits per heavy atom. The number of likely N-dealkylation sites (tertiary alicyclic amines) is 1. The maximum atomic E-state index is 12.4. The molecule has 4 heterocycles. The summed E-state index contributed by atoms with van der Waals surface area (Å²) in [7, 11) is -3.11. The number of aryl methyl sites for hydroxylation is 1. The van der Waals surface area contributed by atoms with Crippen molar-refractivity contribution in [1.82, 2.24) is 24.4 Å². The summed E-state index contributed by atoms with van der Waals surface area (Å²) < 4.78 is 37.6. The monoisotopic (exact) mass is 480 g/mol. The molecule has 2 aromatic rings. The van der Waals surface area contributed by atoms with Crippen LogP contribution in [0.25, 0.3) is 11.2 Å². The molecule has 182 valence electrons. The fraction of sp³-hybridized carbons (Fsp3) is 0.714. The van der Waals surface area contributed by atoms with Crippen LogP contribution in [-0.2, 0) is 21.1 Å². The molecule has 0 radical (unpaired) electrons. The molecule has 12 heteroatoms. The molecule has 2 aliphatic heterocycles. The van der Waals surface area contributed by atoms with Crippen LogP contribution in [0.1, 0.15) is 40.5 Å². The van der Waals surface area contributed by atoms with Gasteiger partial charge in [-0.2, -0.15) is 4.98 Å². The van der Waals surface area contributed by atoms with Crippen molar-refractivity contribution >= 4 is 33.0 Å². The van der Waals surface area contributed by atoms with Gasteiger partial charge in [0.15, 0.2) is 21.0 Å². The fourth-order valence-corrected chi connectivity index (χ4v) is 5.24. The van der Waals surface area contributed by atoms with Crippen molar-refractivity contribution in [2.24, 2.45) is 0 Å². The van der Waals surface area contributed by atoms with Crippen LogP contribution in [0.2, 0.25) is 0 Å². The molecule has 2 saturated heterocycles. The number of aromatic nitrogens is 4. The van der Waals surface area contributed by atoms with Crippen LogP contribution < -0.4 is 9.64 Å². The van der Waals surface area contributed by atoms with E-state index in [0.29, 0.717) is 68.6 Å². The smallest absolute Gasteiger partial charge is 0.410 e. The van der Waals surface area contributed by atoms with Gasteiger partial charge in [-0.05, 0) is 34.1 Å². The third-order valence-corrected chi connectivity index (χ3v) is 7.50. The molecule has 0 aromatic carbocycles. The standard InChI is InChI=1S/C21H32N6O5S/c1-6-27-17-16(24-19(27)25-10-8-15(12-25)33(5,29)30)18(23-13-22-17)31-14-7-9-26(11-14)20(28)32-21(2,3)4/h13-15H,6-12H2,1-5H3/t14-,15?/m0/s1. The lowest BCUT2D eigenvalue weighted by atomic mass is 10.2. The topological polar surface area (TPSA) is 120 Å². The second-order valence-electron chi connectivity index (χ2n) is 9.65. The number of nitrogens with zero attached hydrogens (tertiary/aromatic N) is 6. The summed E-state index contributed by atoms with van der Waals surface area (Å²) in [6.45, 7) is 10.1. The lowest BCUT2D eigenvalue weighted by Crippen LogP contribution is -2.36. The molecule has 2 aromatic heterocycles. The molecule has 2 fully saturated rings. The van der Waals surface area contributed by atoms with E-state index in [1.807, 2.05) is 37.2 Å². The number of amides is 1. The molecular weight excluding hydrogens is 448 g/mol. The Hall–Kier alpha value is -2.63. The van der Waals surface area contributed by atoms with E-state index in [1.54, 1.807) is 4.90 Å². The first kappa shape index (κ1) is 23.5. The average Bonchev–Trinajstić information content (AvgIpc) is 3.44. The fourth-order valence-electron chi connectivity index (χ4n) is 4.26. The second kappa shape index (κ2) is 8.62.